The standard InChI is InChI=1S/C26H30ClF3N2O3S/c1-25(2,3)17-7-5-16(6-8-17)23(33)32-12-4-14-36-22-19-11-13-31-15-21(18(19)9-10-20(22)27)35-24(34)26(28,29)30/h5-10,21,31H,4,11-15H2,1-3H3,(H,32,33). The molecule has 0 saturated heterocycles. The Hall–Kier alpha value is -2.23. The van der Waals surface area contributed by atoms with Crippen molar-refractivity contribution in [3.8, 4) is 0 Å². The van der Waals surface area contributed by atoms with E-state index in [1.54, 1.807) is 12.1 Å². The van der Waals surface area contributed by atoms with E-state index in [1.165, 1.54) is 11.8 Å². The number of nitrogens with one attached hydrogen (secondary N) is 2. The van der Waals surface area contributed by atoms with Crippen molar-refractivity contribution < 1.29 is 27.5 Å². The van der Waals surface area contributed by atoms with Crippen LogP contribution in [0.15, 0.2) is 41.3 Å². The molecule has 10 heteroatoms. The third-order valence-electron chi connectivity index (χ3n) is 5.82. The van der Waals surface area contributed by atoms with Crippen LogP contribution in [0.5, 0.6) is 0 Å². The highest BCUT2D eigenvalue weighted by atomic mass is 35.5. The van der Waals surface area contributed by atoms with Gasteiger partial charge in [-0.05, 0) is 65.4 Å². The van der Waals surface area contributed by atoms with E-state index in [-0.39, 0.29) is 17.9 Å². The predicted octanol–water partition coefficient (Wildman–Crippen LogP) is 5.84. The highest BCUT2D eigenvalue weighted by molar-refractivity contribution is 7.99. The smallest absolute Gasteiger partial charge is 0.449 e. The molecular weight excluding hydrogens is 513 g/mol. The van der Waals surface area contributed by atoms with Gasteiger partial charge in [-0.25, -0.2) is 4.79 Å². The zero-order chi connectivity index (χ0) is 26.5. The molecule has 1 aliphatic heterocycles. The Balaban J connectivity index is 1.59. The molecule has 196 valence electrons. The van der Waals surface area contributed by atoms with Crippen molar-refractivity contribution in [2.45, 2.75) is 56.2 Å². The van der Waals surface area contributed by atoms with Gasteiger partial charge in [0.1, 0.15) is 6.10 Å². The van der Waals surface area contributed by atoms with Crippen molar-refractivity contribution in [3.63, 3.8) is 0 Å². The average molecular weight is 543 g/mol. The number of hydrogen-bond donors (Lipinski definition) is 2. The van der Waals surface area contributed by atoms with Crippen molar-refractivity contribution in [3.05, 3.63) is 63.7 Å². The molecule has 1 unspecified atom stereocenters. The molecule has 2 N–H and O–H groups in total. The average Bonchev–Trinajstić information content (AvgIpc) is 3.01. The van der Waals surface area contributed by atoms with E-state index < -0.39 is 18.2 Å². The molecule has 0 radical (unpaired) electrons. The second-order valence-electron chi connectivity index (χ2n) is 9.58. The largest absolute Gasteiger partial charge is 0.490 e. The van der Waals surface area contributed by atoms with Gasteiger partial charge in [0, 0.05) is 23.5 Å². The quantitative estimate of drug-likeness (QED) is 0.261. The number of alkyl halides is 3. The number of rotatable bonds is 7. The van der Waals surface area contributed by atoms with Gasteiger partial charge in [-0.1, -0.05) is 50.6 Å². The fraction of sp³-hybridized carbons (Fsp3) is 0.462. The van der Waals surface area contributed by atoms with Crippen LogP contribution >= 0.6 is 23.4 Å². The van der Waals surface area contributed by atoms with Crippen LogP contribution in [0, 0.1) is 0 Å². The maximum absolute atomic E-state index is 12.7. The van der Waals surface area contributed by atoms with Crippen LogP contribution in [-0.4, -0.2) is 43.4 Å². The molecule has 0 aliphatic carbocycles. The van der Waals surface area contributed by atoms with Gasteiger partial charge in [-0.15, -0.1) is 11.8 Å². The summed E-state index contributed by atoms with van der Waals surface area (Å²) in [5.41, 5.74) is 3.06. The lowest BCUT2D eigenvalue weighted by Gasteiger charge is -2.21. The molecule has 2 aromatic carbocycles. The highest BCUT2D eigenvalue weighted by Crippen LogP contribution is 2.38. The third-order valence-corrected chi connectivity index (χ3v) is 7.50. The molecule has 0 saturated carbocycles. The lowest BCUT2D eigenvalue weighted by atomic mass is 9.87. The summed E-state index contributed by atoms with van der Waals surface area (Å²) in [4.78, 5) is 24.6. The van der Waals surface area contributed by atoms with E-state index in [0.29, 0.717) is 47.8 Å². The fourth-order valence-electron chi connectivity index (χ4n) is 3.86. The Morgan fingerprint density at radius 1 is 1.14 bits per heavy atom. The van der Waals surface area contributed by atoms with Crippen molar-refractivity contribution in [1.82, 2.24) is 10.6 Å². The molecule has 1 heterocycles. The van der Waals surface area contributed by atoms with Crippen LogP contribution in [0.4, 0.5) is 13.2 Å². The maximum atomic E-state index is 12.7. The molecule has 1 atom stereocenters. The second kappa shape index (κ2) is 11.9. The van der Waals surface area contributed by atoms with Crippen LogP contribution < -0.4 is 10.6 Å². The zero-order valence-electron chi connectivity index (χ0n) is 20.4. The van der Waals surface area contributed by atoms with E-state index in [0.717, 1.165) is 16.0 Å². The number of esters is 1. The summed E-state index contributed by atoms with van der Waals surface area (Å²) >= 11 is 7.91. The molecule has 0 fully saturated rings. The fourth-order valence-corrected chi connectivity index (χ4v) is 5.29. The highest BCUT2D eigenvalue weighted by Gasteiger charge is 2.43. The first-order valence-corrected chi connectivity index (χ1v) is 13.1. The summed E-state index contributed by atoms with van der Waals surface area (Å²) in [5, 5.41) is 6.42. The number of fused-ring (bicyclic) bond motifs is 1. The topological polar surface area (TPSA) is 67.4 Å². The predicted molar refractivity (Wildman–Crippen MR) is 136 cm³/mol. The van der Waals surface area contributed by atoms with E-state index in [4.69, 9.17) is 16.3 Å². The van der Waals surface area contributed by atoms with Crippen LogP contribution in [-0.2, 0) is 21.4 Å². The Bertz CT molecular complexity index is 1090. The number of benzene rings is 2. The maximum Gasteiger partial charge on any atom is 0.490 e. The van der Waals surface area contributed by atoms with Crippen molar-refractivity contribution >= 4 is 35.2 Å². The lowest BCUT2D eigenvalue weighted by molar-refractivity contribution is -0.205. The van der Waals surface area contributed by atoms with Gasteiger partial charge in [0.15, 0.2) is 0 Å². The summed E-state index contributed by atoms with van der Waals surface area (Å²) in [7, 11) is 0. The SMILES string of the molecule is CC(C)(C)c1ccc(C(=O)NCCCSc2c(Cl)ccc3c2CCNCC3OC(=O)C(F)(F)F)cc1. The minimum Gasteiger partial charge on any atom is -0.449 e. The molecule has 1 aliphatic rings. The first kappa shape index (κ1) is 28.3. The molecule has 36 heavy (non-hydrogen) atoms. The van der Waals surface area contributed by atoms with E-state index in [9.17, 15) is 22.8 Å². The Morgan fingerprint density at radius 2 is 1.83 bits per heavy atom. The summed E-state index contributed by atoms with van der Waals surface area (Å²) < 4.78 is 43.0. The van der Waals surface area contributed by atoms with Crippen molar-refractivity contribution in [2.24, 2.45) is 0 Å². The summed E-state index contributed by atoms with van der Waals surface area (Å²) in [6.45, 7) is 7.41. The van der Waals surface area contributed by atoms with Crippen LogP contribution in [0.25, 0.3) is 0 Å². The molecule has 1 amide bonds. The Kier molecular flexibility index (Phi) is 9.35. The first-order chi connectivity index (χ1) is 16.9. The minimum atomic E-state index is -5.06. The van der Waals surface area contributed by atoms with Gasteiger partial charge < -0.3 is 15.4 Å². The van der Waals surface area contributed by atoms with Gasteiger partial charge in [0.05, 0.1) is 5.02 Å². The lowest BCUT2D eigenvalue weighted by Crippen LogP contribution is -2.30. The molecule has 3 rings (SSSR count). The summed E-state index contributed by atoms with van der Waals surface area (Å²) in [6.07, 6.45) is -4.91. The number of hydrogen-bond acceptors (Lipinski definition) is 5. The molecule has 0 bridgehead atoms. The Morgan fingerprint density at radius 3 is 2.47 bits per heavy atom. The van der Waals surface area contributed by atoms with Crippen LogP contribution in [0.1, 0.15) is 60.3 Å². The molecule has 0 aromatic heterocycles. The van der Waals surface area contributed by atoms with E-state index in [2.05, 4.69) is 31.4 Å². The summed E-state index contributed by atoms with van der Waals surface area (Å²) in [5.74, 6) is -1.72. The normalized spacial score (nSPS) is 16.1. The van der Waals surface area contributed by atoms with Gasteiger partial charge in [0.2, 0.25) is 0 Å². The number of carbonyl (C=O) groups is 2. The number of carbonyl (C=O) groups excluding carboxylic acids is 2. The molecule has 2 aromatic rings. The zero-order valence-corrected chi connectivity index (χ0v) is 22.0. The Labute approximate surface area is 218 Å². The van der Waals surface area contributed by atoms with Crippen molar-refractivity contribution in [2.75, 3.05) is 25.4 Å². The number of ether oxygens (including phenoxy) is 1. The van der Waals surface area contributed by atoms with E-state index >= 15 is 0 Å². The van der Waals surface area contributed by atoms with Gasteiger partial charge in [0.25, 0.3) is 5.91 Å². The molecule has 0 spiro atoms. The third kappa shape index (κ3) is 7.40. The summed E-state index contributed by atoms with van der Waals surface area (Å²) in [6, 6.07) is 10.8. The van der Waals surface area contributed by atoms with Gasteiger partial charge >= 0.3 is 12.1 Å². The van der Waals surface area contributed by atoms with Gasteiger partial charge in [-0.2, -0.15) is 13.2 Å². The van der Waals surface area contributed by atoms with Gasteiger partial charge in [-0.3, -0.25) is 4.79 Å². The minimum absolute atomic E-state index is 0.0131. The van der Waals surface area contributed by atoms with E-state index in [1.807, 2.05) is 24.3 Å². The van der Waals surface area contributed by atoms with Crippen LogP contribution in [0.2, 0.25) is 5.02 Å². The number of amides is 1. The molecule has 5 nitrogen and oxygen atoms in total. The van der Waals surface area contributed by atoms with Crippen LogP contribution in [0.3, 0.4) is 0 Å². The second-order valence-corrected chi connectivity index (χ2v) is 11.1. The molecular formula is C26H30ClF3N2O3S. The number of halogens is 4. The first-order valence-electron chi connectivity index (χ1n) is 11.7. The monoisotopic (exact) mass is 542 g/mol. The number of thioether (sulfide) groups is 1. The van der Waals surface area contributed by atoms with Crippen molar-refractivity contribution in [1.29, 1.82) is 0 Å².